The fraction of sp³-hybridized carbons (Fsp3) is 0.625. The van der Waals surface area contributed by atoms with Crippen molar-refractivity contribution >= 4 is 0 Å². The van der Waals surface area contributed by atoms with Gasteiger partial charge in [-0.3, -0.25) is 0 Å². The number of hydrogen-bond acceptors (Lipinski definition) is 4. The van der Waals surface area contributed by atoms with E-state index in [1.54, 1.807) is 14.0 Å². The normalized spacial score (nSPS) is 19.9. The minimum atomic E-state index is -0.502. The lowest BCUT2D eigenvalue weighted by Gasteiger charge is -2.14. The third-order valence-electron chi connectivity index (χ3n) is 3.62. The van der Waals surface area contributed by atoms with Gasteiger partial charge >= 0.3 is 0 Å². The molecule has 112 valence electrons. The summed E-state index contributed by atoms with van der Waals surface area (Å²) in [6.45, 7) is 3.29. The van der Waals surface area contributed by atoms with Crippen LogP contribution in [0.1, 0.15) is 44.3 Å². The lowest BCUT2D eigenvalue weighted by molar-refractivity contribution is 0.0979. The number of aliphatic hydroxyl groups is 1. The summed E-state index contributed by atoms with van der Waals surface area (Å²) in [5, 5.41) is 9.56. The van der Waals surface area contributed by atoms with Crippen molar-refractivity contribution in [2.75, 3.05) is 20.3 Å². The number of aliphatic hydroxyl groups excluding tert-OH is 1. The van der Waals surface area contributed by atoms with E-state index >= 15 is 0 Å². The highest BCUT2D eigenvalue weighted by Gasteiger charge is 2.15. The van der Waals surface area contributed by atoms with Gasteiger partial charge in [0.15, 0.2) is 11.5 Å². The van der Waals surface area contributed by atoms with Crippen molar-refractivity contribution in [3.63, 3.8) is 0 Å². The van der Waals surface area contributed by atoms with Crippen LogP contribution in [0.25, 0.3) is 0 Å². The molecule has 0 spiro atoms. The molecule has 1 unspecified atom stereocenters. The first-order chi connectivity index (χ1) is 9.70. The Morgan fingerprint density at radius 1 is 1.40 bits per heavy atom. The first-order valence-electron chi connectivity index (χ1n) is 7.31. The van der Waals surface area contributed by atoms with E-state index in [9.17, 15) is 5.11 Å². The molecule has 1 aromatic rings. The molecule has 0 radical (unpaired) electrons. The molecule has 2 rings (SSSR count). The van der Waals surface area contributed by atoms with Crippen LogP contribution >= 0.6 is 0 Å². The number of ether oxygens (including phenoxy) is 3. The molecule has 1 N–H and O–H groups in total. The summed E-state index contributed by atoms with van der Waals surface area (Å²) in [5.74, 6) is 1.39. The predicted octanol–water partition coefficient (Wildman–Crippen LogP) is 3.09. The molecule has 1 aromatic carbocycles. The van der Waals surface area contributed by atoms with Gasteiger partial charge in [0, 0.05) is 6.61 Å². The minimum Gasteiger partial charge on any atom is -0.493 e. The van der Waals surface area contributed by atoms with Crippen molar-refractivity contribution in [3.05, 3.63) is 23.8 Å². The zero-order valence-electron chi connectivity index (χ0n) is 12.3. The second-order valence-corrected chi connectivity index (χ2v) is 5.21. The lowest BCUT2D eigenvalue weighted by Crippen LogP contribution is -2.08. The third-order valence-corrected chi connectivity index (χ3v) is 3.62. The molecule has 0 aliphatic carbocycles. The average Bonchev–Trinajstić information content (AvgIpc) is 2.96. The number of benzene rings is 1. The van der Waals surface area contributed by atoms with Gasteiger partial charge in [0.1, 0.15) is 0 Å². The fourth-order valence-electron chi connectivity index (χ4n) is 2.43. The minimum absolute atomic E-state index is 0.415. The van der Waals surface area contributed by atoms with Crippen LogP contribution < -0.4 is 9.47 Å². The Labute approximate surface area is 120 Å². The molecule has 20 heavy (non-hydrogen) atoms. The monoisotopic (exact) mass is 280 g/mol. The fourth-order valence-corrected chi connectivity index (χ4v) is 2.43. The molecule has 0 aromatic heterocycles. The van der Waals surface area contributed by atoms with Gasteiger partial charge in [0.05, 0.1) is 25.9 Å². The maximum absolute atomic E-state index is 9.56. The van der Waals surface area contributed by atoms with Crippen LogP contribution in [0.5, 0.6) is 11.5 Å². The molecule has 0 saturated carbocycles. The Kier molecular flexibility index (Phi) is 5.68. The van der Waals surface area contributed by atoms with Crippen LogP contribution in [0.2, 0.25) is 0 Å². The quantitative estimate of drug-likeness (QED) is 0.780. The molecule has 0 bridgehead atoms. The van der Waals surface area contributed by atoms with Gasteiger partial charge < -0.3 is 19.3 Å². The van der Waals surface area contributed by atoms with Gasteiger partial charge in [0.2, 0.25) is 0 Å². The van der Waals surface area contributed by atoms with Crippen LogP contribution in [-0.4, -0.2) is 31.5 Å². The smallest absolute Gasteiger partial charge is 0.161 e. The number of methoxy groups -OCH3 is 1. The molecule has 1 aliphatic heterocycles. The largest absolute Gasteiger partial charge is 0.493 e. The molecule has 1 fully saturated rings. The van der Waals surface area contributed by atoms with Crippen LogP contribution in [0.15, 0.2) is 18.2 Å². The first kappa shape index (κ1) is 15.1. The Hall–Kier alpha value is -1.26. The summed E-state index contributed by atoms with van der Waals surface area (Å²) in [6, 6.07) is 5.54. The molecular formula is C16H24O4. The van der Waals surface area contributed by atoms with E-state index in [-0.39, 0.29) is 0 Å². The van der Waals surface area contributed by atoms with Gasteiger partial charge in [-0.25, -0.2) is 0 Å². The summed E-state index contributed by atoms with van der Waals surface area (Å²) >= 11 is 0. The zero-order chi connectivity index (χ0) is 14.4. The predicted molar refractivity (Wildman–Crippen MR) is 77.3 cm³/mol. The Morgan fingerprint density at radius 3 is 2.90 bits per heavy atom. The molecule has 1 aliphatic rings. The van der Waals surface area contributed by atoms with Crippen LogP contribution in [-0.2, 0) is 4.74 Å². The highest BCUT2D eigenvalue weighted by atomic mass is 16.5. The Bertz CT molecular complexity index is 411. The topological polar surface area (TPSA) is 47.9 Å². The van der Waals surface area contributed by atoms with E-state index in [1.807, 2.05) is 18.2 Å². The van der Waals surface area contributed by atoms with Crippen molar-refractivity contribution in [3.8, 4) is 11.5 Å². The standard InChI is InChI=1S/C16H24O4/c1-12(17)13-7-8-15(16(11-13)18-2)20-10-4-6-14-5-3-9-19-14/h7-8,11-12,14,17H,3-6,9-10H2,1-2H3/t12-,14?/m1/s1. The average molecular weight is 280 g/mol. The molecule has 1 heterocycles. The van der Waals surface area contributed by atoms with Gasteiger partial charge in [0.25, 0.3) is 0 Å². The second kappa shape index (κ2) is 7.50. The highest BCUT2D eigenvalue weighted by molar-refractivity contribution is 5.43. The molecule has 0 amide bonds. The molecular weight excluding hydrogens is 256 g/mol. The maximum Gasteiger partial charge on any atom is 0.161 e. The summed E-state index contributed by atoms with van der Waals surface area (Å²) in [7, 11) is 1.61. The van der Waals surface area contributed by atoms with Crippen LogP contribution in [0.4, 0.5) is 0 Å². The highest BCUT2D eigenvalue weighted by Crippen LogP contribution is 2.30. The summed E-state index contributed by atoms with van der Waals surface area (Å²) in [6.07, 6.45) is 4.29. The van der Waals surface area contributed by atoms with Crippen molar-refractivity contribution in [1.29, 1.82) is 0 Å². The molecule has 1 saturated heterocycles. The molecule has 4 nitrogen and oxygen atoms in total. The number of rotatable bonds is 7. The zero-order valence-corrected chi connectivity index (χ0v) is 12.3. The summed E-state index contributed by atoms with van der Waals surface area (Å²) in [5.41, 5.74) is 0.827. The van der Waals surface area contributed by atoms with Crippen LogP contribution in [0, 0.1) is 0 Å². The van der Waals surface area contributed by atoms with E-state index in [4.69, 9.17) is 14.2 Å². The lowest BCUT2D eigenvalue weighted by atomic mass is 10.1. The maximum atomic E-state index is 9.56. The van der Waals surface area contributed by atoms with Crippen molar-refractivity contribution < 1.29 is 19.3 Å². The van der Waals surface area contributed by atoms with E-state index in [0.717, 1.165) is 30.8 Å². The van der Waals surface area contributed by atoms with Crippen molar-refractivity contribution in [2.45, 2.75) is 44.8 Å². The van der Waals surface area contributed by atoms with Crippen LogP contribution in [0.3, 0.4) is 0 Å². The summed E-state index contributed by atoms with van der Waals surface area (Å²) < 4.78 is 16.7. The molecule has 4 heteroatoms. The second-order valence-electron chi connectivity index (χ2n) is 5.21. The van der Waals surface area contributed by atoms with E-state index < -0.39 is 6.10 Å². The Balaban J connectivity index is 1.82. The van der Waals surface area contributed by atoms with Gasteiger partial charge in [-0.2, -0.15) is 0 Å². The molecule has 2 atom stereocenters. The van der Waals surface area contributed by atoms with Gasteiger partial charge in [-0.05, 0) is 50.3 Å². The SMILES string of the molecule is COc1cc([C@@H](C)O)ccc1OCCCC1CCCO1. The van der Waals surface area contributed by atoms with E-state index in [2.05, 4.69) is 0 Å². The van der Waals surface area contributed by atoms with Gasteiger partial charge in [-0.1, -0.05) is 6.07 Å². The third kappa shape index (κ3) is 4.12. The number of hydrogen-bond donors (Lipinski definition) is 1. The van der Waals surface area contributed by atoms with E-state index in [1.165, 1.54) is 12.8 Å². The first-order valence-corrected chi connectivity index (χ1v) is 7.31. The van der Waals surface area contributed by atoms with E-state index in [0.29, 0.717) is 18.5 Å². The van der Waals surface area contributed by atoms with Crippen molar-refractivity contribution in [1.82, 2.24) is 0 Å². The van der Waals surface area contributed by atoms with Crippen molar-refractivity contribution in [2.24, 2.45) is 0 Å². The van der Waals surface area contributed by atoms with Gasteiger partial charge in [-0.15, -0.1) is 0 Å². The summed E-state index contributed by atoms with van der Waals surface area (Å²) in [4.78, 5) is 0. The Morgan fingerprint density at radius 2 is 2.25 bits per heavy atom.